The van der Waals surface area contributed by atoms with E-state index in [-0.39, 0.29) is 24.7 Å². The van der Waals surface area contributed by atoms with Gasteiger partial charge in [-0.25, -0.2) is 4.98 Å². The van der Waals surface area contributed by atoms with Crippen molar-refractivity contribution in [3.63, 3.8) is 0 Å². The second-order valence-corrected chi connectivity index (χ2v) is 4.15. The number of benzene rings is 1. The minimum atomic E-state index is -0.146. The van der Waals surface area contributed by atoms with Gasteiger partial charge in [0.2, 0.25) is 5.91 Å². The van der Waals surface area contributed by atoms with E-state index in [4.69, 9.17) is 0 Å². The van der Waals surface area contributed by atoms with E-state index in [0.29, 0.717) is 0 Å². The van der Waals surface area contributed by atoms with Crippen LogP contribution in [0.25, 0.3) is 5.69 Å². The van der Waals surface area contributed by atoms with E-state index in [1.807, 2.05) is 28.8 Å². The first-order chi connectivity index (χ1) is 8.75. The first-order valence-electron chi connectivity index (χ1n) is 5.65. The van der Waals surface area contributed by atoms with E-state index in [9.17, 15) is 9.59 Å². The SMILES string of the molecule is O=C1CC(=O)N(c2ccccc2-n2ccnc2)C1. The molecule has 0 radical (unpaired) electrons. The minimum absolute atomic E-state index is 0.00172. The average Bonchev–Trinajstić information content (AvgIpc) is 2.99. The van der Waals surface area contributed by atoms with Crippen molar-refractivity contribution < 1.29 is 9.59 Å². The summed E-state index contributed by atoms with van der Waals surface area (Å²) in [5.41, 5.74) is 1.59. The van der Waals surface area contributed by atoms with Gasteiger partial charge in [0.15, 0.2) is 5.78 Å². The van der Waals surface area contributed by atoms with Gasteiger partial charge in [-0.3, -0.25) is 9.59 Å². The number of hydrogen-bond donors (Lipinski definition) is 0. The standard InChI is InChI=1S/C13H11N3O2/c17-10-7-13(18)16(8-10)12-4-2-1-3-11(12)15-6-5-14-9-15/h1-6,9H,7-8H2. The average molecular weight is 241 g/mol. The number of hydrogen-bond acceptors (Lipinski definition) is 3. The lowest BCUT2D eigenvalue weighted by Crippen LogP contribution is -2.25. The molecule has 1 fully saturated rings. The van der Waals surface area contributed by atoms with Gasteiger partial charge in [-0.05, 0) is 12.1 Å². The fourth-order valence-corrected chi connectivity index (χ4v) is 2.12. The quantitative estimate of drug-likeness (QED) is 0.742. The van der Waals surface area contributed by atoms with Gasteiger partial charge in [0.05, 0.1) is 30.7 Å². The Hall–Kier alpha value is -2.43. The molecule has 2 aromatic rings. The Balaban J connectivity index is 2.08. The van der Waals surface area contributed by atoms with Gasteiger partial charge in [-0.1, -0.05) is 12.1 Å². The van der Waals surface area contributed by atoms with Crippen molar-refractivity contribution >= 4 is 17.4 Å². The van der Waals surface area contributed by atoms with Crippen LogP contribution in [0.2, 0.25) is 0 Å². The first-order valence-corrected chi connectivity index (χ1v) is 5.65. The number of Topliss-reactive ketones (excluding diaryl/α,β-unsaturated/α-hetero) is 1. The van der Waals surface area contributed by atoms with E-state index < -0.39 is 0 Å². The van der Waals surface area contributed by atoms with Gasteiger partial charge < -0.3 is 9.47 Å². The number of para-hydroxylation sites is 2. The topological polar surface area (TPSA) is 55.2 Å². The predicted octanol–water partition coefficient (Wildman–Crippen LogP) is 1.18. The number of carbonyl (C=O) groups is 2. The molecule has 1 aromatic carbocycles. The van der Waals surface area contributed by atoms with Gasteiger partial charge >= 0.3 is 0 Å². The molecule has 0 spiro atoms. The zero-order valence-electron chi connectivity index (χ0n) is 9.61. The van der Waals surface area contributed by atoms with Crippen molar-refractivity contribution in [3.05, 3.63) is 43.0 Å². The molecule has 18 heavy (non-hydrogen) atoms. The number of nitrogens with zero attached hydrogens (tertiary/aromatic N) is 3. The maximum atomic E-state index is 11.8. The van der Waals surface area contributed by atoms with E-state index in [1.54, 1.807) is 18.7 Å². The van der Waals surface area contributed by atoms with Crippen LogP contribution < -0.4 is 4.90 Å². The van der Waals surface area contributed by atoms with Crippen molar-refractivity contribution in [2.24, 2.45) is 0 Å². The summed E-state index contributed by atoms with van der Waals surface area (Å²) in [7, 11) is 0. The molecule has 1 aromatic heterocycles. The smallest absolute Gasteiger partial charge is 0.234 e. The number of rotatable bonds is 2. The van der Waals surface area contributed by atoms with Crippen molar-refractivity contribution in [1.82, 2.24) is 9.55 Å². The van der Waals surface area contributed by atoms with Crippen LogP contribution in [0.5, 0.6) is 0 Å². The maximum Gasteiger partial charge on any atom is 0.234 e. The predicted molar refractivity (Wildman–Crippen MR) is 65.5 cm³/mol. The van der Waals surface area contributed by atoms with Gasteiger partial charge in [-0.15, -0.1) is 0 Å². The number of ketones is 1. The third-order valence-corrected chi connectivity index (χ3v) is 2.94. The lowest BCUT2D eigenvalue weighted by atomic mass is 10.2. The molecule has 0 N–H and O–H groups in total. The Kier molecular flexibility index (Phi) is 2.44. The Morgan fingerprint density at radius 2 is 1.89 bits per heavy atom. The Labute approximate surface area is 104 Å². The number of anilines is 1. The van der Waals surface area contributed by atoms with Crippen molar-refractivity contribution in [2.75, 3.05) is 11.4 Å². The van der Waals surface area contributed by atoms with Crippen LogP contribution in [0.1, 0.15) is 6.42 Å². The lowest BCUT2D eigenvalue weighted by Gasteiger charge is -2.19. The Morgan fingerprint density at radius 3 is 2.50 bits per heavy atom. The van der Waals surface area contributed by atoms with Gasteiger partial charge in [-0.2, -0.15) is 0 Å². The number of carbonyl (C=O) groups excluding carboxylic acids is 2. The molecule has 1 aliphatic heterocycles. The summed E-state index contributed by atoms with van der Waals surface area (Å²) in [5.74, 6) is -0.187. The van der Waals surface area contributed by atoms with Gasteiger partial charge in [0, 0.05) is 12.4 Å². The van der Waals surface area contributed by atoms with Crippen molar-refractivity contribution in [1.29, 1.82) is 0 Å². The molecule has 1 amide bonds. The molecule has 0 unspecified atom stereocenters. The number of amides is 1. The van der Waals surface area contributed by atoms with Gasteiger partial charge in [0.1, 0.15) is 0 Å². The summed E-state index contributed by atoms with van der Waals surface area (Å²) in [6, 6.07) is 7.48. The van der Waals surface area contributed by atoms with Crippen LogP contribution in [-0.4, -0.2) is 27.8 Å². The summed E-state index contributed by atoms with van der Waals surface area (Å²) in [6.45, 7) is 0.157. The molecule has 2 heterocycles. The number of imidazole rings is 1. The fraction of sp³-hybridized carbons (Fsp3) is 0.154. The molecule has 1 aliphatic rings. The maximum absolute atomic E-state index is 11.8. The van der Waals surface area contributed by atoms with E-state index in [2.05, 4.69) is 4.98 Å². The molecule has 0 bridgehead atoms. The van der Waals surface area contributed by atoms with E-state index >= 15 is 0 Å². The largest absolute Gasteiger partial charge is 0.304 e. The molecular weight excluding hydrogens is 230 g/mol. The second kappa shape index (κ2) is 4.10. The zero-order chi connectivity index (χ0) is 12.5. The van der Waals surface area contributed by atoms with Crippen LogP contribution >= 0.6 is 0 Å². The Bertz CT molecular complexity index is 604. The fourth-order valence-electron chi connectivity index (χ4n) is 2.12. The molecule has 0 aliphatic carbocycles. The molecule has 5 heteroatoms. The molecule has 5 nitrogen and oxygen atoms in total. The third kappa shape index (κ3) is 1.69. The molecule has 3 rings (SSSR count). The molecule has 90 valence electrons. The van der Waals surface area contributed by atoms with Crippen LogP contribution in [0.4, 0.5) is 5.69 Å². The normalized spacial score (nSPS) is 15.4. The molecule has 0 saturated carbocycles. The highest BCUT2D eigenvalue weighted by atomic mass is 16.2. The molecular formula is C13H11N3O2. The minimum Gasteiger partial charge on any atom is -0.304 e. The van der Waals surface area contributed by atoms with Crippen LogP contribution in [0.15, 0.2) is 43.0 Å². The van der Waals surface area contributed by atoms with Crippen molar-refractivity contribution in [2.45, 2.75) is 6.42 Å². The lowest BCUT2D eigenvalue weighted by molar-refractivity contribution is -0.121. The highest BCUT2D eigenvalue weighted by Gasteiger charge is 2.30. The third-order valence-electron chi connectivity index (χ3n) is 2.94. The summed E-state index contributed by atoms with van der Waals surface area (Å²) in [5, 5.41) is 0. The summed E-state index contributed by atoms with van der Waals surface area (Å²) >= 11 is 0. The van der Waals surface area contributed by atoms with Crippen LogP contribution in [0.3, 0.4) is 0 Å². The highest BCUT2D eigenvalue weighted by Crippen LogP contribution is 2.27. The van der Waals surface area contributed by atoms with Crippen molar-refractivity contribution in [3.8, 4) is 5.69 Å². The van der Waals surface area contributed by atoms with Crippen LogP contribution in [0, 0.1) is 0 Å². The highest BCUT2D eigenvalue weighted by molar-refractivity contribution is 6.15. The number of aromatic nitrogens is 2. The van der Waals surface area contributed by atoms with E-state index in [1.165, 1.54) is 4.90 Å². The molecule has 0 atom stereocenters. The van der Waals surface area contributed by atoms with Crippen LogP contribution in [-0.2, 0) is 9.59 Å². The summed E-state index contributed by atoms with van der Waals surface area (Å²) in [4.78, 5) is 28.7. The second-order valence-electron chi connectivity index (χ2n) is 4.15. The monoisotopic (exact) mass is 241 g/mol. The molecule has 1 saturated heterocycles. The summed E-state index contributed by atoms with van der Waals surface area (Å²) < 4.78 is 1.82. The first kappa shape index (κ1) is 10.7. The Morgan fingerprint density at radius 1 is 1.11 bits per heavy atom. The van der Waals surface area contributed by atoms with E-state index in [0.717, 1.165) is 11.4 Å². The zero-order valence-corrected chi connectivity index (χ0v) is 9.61. The van der Waals surface area contributed by atoms with Gasteiger partial charge in [0.25, 0.3) is 0 Å². The summed E-state index contributed by atoms with van der Waals surface area (Å²) in [6.07, 6.45) is 5.15.